The molecular weight excluding hydrogens is 298 g/mol. The molecule has 1 saturated heterocycles. The highest BCUT2D eigenvalue weighted by molar-refractivity contribution is 6.29. The van der Waals surface area contributed by atoms with E-state index in [0.29, 0.717) is 24.8 Å². The number of pyridine rings is 1. The lowest BCUT2D eigenvalue weighted by atomic mass is 10.3. The second-order valence-corrected chi connectivity index (χ2v) is 4.65. The molecule has 8 nitrogen and oxygen atoms in total. The van der Waals surface area contributed by atoms with Gasteiger partial charge in [0.05, 0.1) is 13.4 Å². The highest BCUT2D eigenvalue weighted by atomic mass is 35.5. The van der Waals surface area contributed by atoms with Crippen molar-refractivity contribution in [2.45, 2.75) is 6.54 Å². The third kappa shape index (κ3) is 4.06. The fourth-order valence-corrected chi connectivity index (χ4v) is 2.06. The van der Waals surface area contributed by atoms with Crippen LogP contribution in [0, 0.1) is 10.1 Å². The monoisotopic (exact) mass is 311 g/mol. The smallest absolute Gasteiger partial charge is 0.278 e. The molecule has 1 aliphatic rings. The first-order chi connectivity index (χ1) is 10.1. The van der Waals surface area contributed by atoms with E-state index < -0.39 is 5.03 Å². The van der Waals surface area contributed by atoms with Gasteiger partial charge in [-0.15, -0.1) is 0 Å². The molecule has 0 saturated carbocycles. The van der Waals surface area contributed by atoms with Crippen molar-refractivity contribution in [2.24, 2.45) is 5.10 Å². The van der Waals surface area contributed by atoms with Gasteiger partial charge in [0.2, 0.25) is 0 Å². The molecule has 0 atom stereocenters. The van der Waals surface area contributed by atoms with Crippen molar-refractivity contribution in [3.63, 3.8) is 0 Å². The van der Waals surface area contributed by atoms with Crippen LogP contribution in [0.4, 0.5) is 0 Å². The van der Waals surface area contributed by atoms with Gasteiger partial charge in [-0.3, -0.25) is 0 Å². The van der Waals surface area contributed by atoms with Crippen LogP contribution >= 0.6 is 11.6 Å². The largest absolute Gasteiger partial charge is 0.503 e. The molecule has 9 heteroatoms. The maximum absolute atomic E-state index is 10.7. The number of guanidine groups is 1. The van der Waals surface area contributed by atoms with Crippen LogP contribution in [0.25, 0.3) is 0 Å². The summed E-state index contributed by atoms with van der Waals surface area (Å²) in [5.74, 6) is 0.267. The third-order valence-electron chi connectivity index (χ3n) is 2.86. The lowest BCUT2D eigenvalue weighted by molar-refractivity contribution is -0.486. The van der Waals surface area contributed by atoms with Crippen LogP contribution in [-0.2, 0) is 11.3 Å². The molecular formula is C12H14ClN5O3. The summed E-state index contributed by atoms with van der Waals surface area (Å²) in [6.07, 6.45) is 4.70. The Kier molecular flexibility index (Phi) is 4.94. The molecule has 1 aromatic heterocycles. The molecule has 112 valence electrons. The number of hydrazone groups is 1. The summed E-state index contributed by atoms with van der Waals surface area (Å²) < 4.78 is 4.83. The minimum Gasteiger partial charge on any atom is -0.503 e. The molecule has 0 unspecified atom stereocenters. The highest BCUT2D eigenvalue weighted by Gasteiger charge is 2.28. The molecule has 21 heavy (non-hydrogen) atoms. The van der Waals surface area contributed by atoms with E-state index in [4.69, 9.17) is 16.3 Å². The number of nitro groups is 1. The normalized spacial score (nSPS) is 17.0. The van der Waals surface area contributed by atoms with Crippen molar-refractivity contribution in [2.75, 3.05) is 20.2 Å². The molecule has 1 aromatic rings. The van der Waals surface area contributed by atoms with E-state index in [2.05, 4.69) is 10.1 Å². The molecule has 2 rings (SSSR count). The topological polar surface area (TPSA) is 84.1 Å². The van der Waals surface area contributed by atoms with Gasteiger partial charge in [-0.25, -0.2) is 15.1 Å². The zero-order valence-corrected chi connectivity index (χ0v) is 12.1. The van der Waals surface area contributed by atoms with Crippen LogP contribution in [0.3, 0.4) is 0 Å². The first-order valence-electron chi connectivity index (χ1n) is 6.14. The van der Waals surface area contributed by atoms with Gasteiger partial charge in [0.1, 0.15) is 10.3 Å². The number of methoxy groups -OCH3 is 1. The zero-order chi connectivity index (χ0) is 15.2. The fraction of sp³-hybridized carbons (Fsp3) is 0.333. The number of rotatable bonds is 5. The Morgan fingerprint density at radius 1 is 1.57 bits per heavy atom. The molecule has 0 N–H and O–H groups in total. The summed E-state index contributed by atoms with van der Waals surface area (Å²) in [5.41, 5.74) is 0.896. The van der Waals surface area contributed by atoms with Gasteiger partial charge in [-0.1, -0.05) is 17.7 Å². The highest BCUT2D eigenvalue weighted by Crippen LogP contribution is 2.15. The first kappa shape index (κ1) is 15.0. The van der Waals surface area contributed by atoms with E-state index in [-0.39, 0.29) is 5.96 Å². The van der Waals surface area contributed by atoms with E-state index in [1.165, 1.54) is 13.4 Å². The second-order valence-electron chi connectivity index (χ2n) is 4.26. The Labute approximate surface area is 126 Å². The van der Waals surface area contributed by atoms with Crippen molar-refractivity contribution < 1.29 is 9.77 Å². The lowest BCUT2D eigenvalue weighted by Gasteiger charge is -2.18. The summed E-state index contributed by atoms with van der Waals surface area (Å²) in [5, 5.41) is 13.8. The van der Waals surface area contributed by atoms with Crippen LogP contribution < -0.4 is 0 Å². The van der Waals surface area contributed by atoms with Gasteiger partial charge in [-0.05, 0) is 11.6 Å². The second kappa shape index (κ2) is 6.89. The average molecular weight is 312 g/mol. The summed E-state index contributed by atoms with van der Waals surface area (Å²) in [4.78, 5) is 18.2. The molecule has 0 spiro atoms. The number of aromatic nitrogens is 1. The van der Waals surface area contributed by atoms with Gasteiger partial charge in [0.15, 0.2) is 5.03 Å². The van der Waals surface area contributed by atoms with E-state index >= 15 is 0 Å². The predicted molar refractivity (Wildman–Crippen MR) is 76.9 cm³/mol. The van der Waals surface area contributed by atoms with Gasteiger partial charge in [0, 0.05) is 32.0 Å². The van der Waals surface area contributed by atoms with Crippen molar-refractivity contribution >= 4 is 17.6 Å². The predicted octanol–water partition coefficient (Wildman–Crippen LogP) is 1.52. The lowest BCUT2D eigenvalue weighted by Crippen LogP contribution is -2.31. The Morgan fingerprint density at radius 3 is 3.00 bits per heavy atom. The average Bonchev–Trinajstić information content (AvgIpc) is 2.81. The standard InChI is InChI=1S/C12H14ClN5O3/c1-21-7-6-16-4-5-17(12(16)15-18(19)20)9-10-2-3-11(13)14-8-10/h2-3,6-8H,4-5,9H2,1H3/b7-6+,15-12+. The molecule has 0 amide bonds. The Hall–Kier alpha value is -2.35. The first-order valence-corrected chi connectivity index (χ1v) is 6.52. The van der Waals surface area contributed by atoms with Gasteiger partial charge < -0.3 is 14.5 Å². The molecule has 2 heterocycles. The van der Waals surface area contributed by atoms with E-state index in [9.17, 15) is 10.1 Å². The molecule has 0 bridgehead atoms. The van der Waals surface area contributed by atoms with E-state index in [1.54, 1.807) is 28.3 Å². The molecule has 1 aliphatic heterocycles. The number of nitrogens with zero attached hydrogens (tertiary/aromatic N) is 5. The molecule has 0 aliphatic carbocycles. The maximum atomic E-state index is 10.7. The van der Waals surface area contributed by atoms with Crippen molar-refractivity contribution in [1.29, 1.82) is 0 Å². The van der Waals surface area contributed by atoms with Crippen LogP contribution in [-0.4, -0.2) is 46.0 Å². The van der Waals surface area contributed by atoms with Crippen LogP contribution in [0.5, 0.6) is 0 Å². The van der Waals surface area contributed by atoms with Crippen molar-refractivity contribution in [3.05, 3.63) is 51.6 Å². The van der Waals surface area contributed by atoms with E-state index in [1.807, 2.05) is 6.07 Å². The van der Waals surface area contributed by atoms with Crippen molar-refractivity contribution in [1.82, 2.24) is 14.8 Å². The minimum atomic E-state index is -0.707. The third-order valence-corrected chi connectivity index (χ3v) is 3.08. The van der Waals surface area contributed by atoms with E-state index in [0.717, 1.165) is 5.56 Å². The van der Waals surface area contributed by atoms with Gasteiger partial charge >= 0.3 is 0 Å². The quantitative estimate of drug-likeness (QED) is 0.355. The van der Waals surface area contributed by atoms with Gasteiger partial charge in [0.25, 0.3) is 5.96 Å². The SMILES string of the molecule is CO/C=C/N1CCN(Cc2ccc(Cl)nc2)/C1=N/[N+](=O)[O-]. The number of halogens is 1. The molecule has 1 fully saturated rings. The summed E-state index contributed by atoms with van der Waals surface area (Å²) in [6.45, 7) is 1.67. The minimum absolute atomic E-state index is 0.267. The summed E-state index contributed by atoms with van der Waals surface area (Å²) in [6, 6.07) is 3.51. The number of ether oxygens (including phenoxy) is 1. The van der Waals surface area contributed by atoms with Crippen LogP contribution in [0.2, 0.25) is 5.15 Å². The van der Waals surface area contributed by atoms with Crippen molar-refractivity contribution in [3.8, 4) is 0 Å². The molecule has 0 aromatic carbocycles. The number of hydrogen-bond acceptors (Lipinski definition) is 4. The fourth-order valence-electron chi connectivity index (χ4n) is 1.95. The van der Waals surface area contributed by atoms with Gasteiger partial charge in [-0.2, -0.15) is 0 Å². The van der Waals surface area contributed by atoms with Crippen LogP contribution in [0.1, 0.15) is 5.56 Å². The number of hydrogen-bond donors (Lipinski definition) is 0. The maximum Gasteiger partial charge on any atom is 0.278 e. The Bertz CT molecular complexity index is 561. The molecule has 0 radical (unpaired) electrons. The zero-order valence-electron chi connectivity index (χ0n) is 11.3. The summed E-state index contributed by atoms with van der Waals surface area (Å²) in [7, 11) is 1.51. The van der Waals surface area contributed by atoms with Crippen LogP contribution in [0.15, 0.2) is 35.9 Å². The Balaban J connectivity index is 2.16. The Morgan fingerprint density at radius 2 is 2.38 bits per heavy atom. The summed E-state index contributed by atoms with van der Waals surface area (Å²) >= 11 is 5.74.